The molecular weight excluding hydrogens is 388 g/mol. The topological polar surface area (TPSA) is 75.7 Å². The second kappa shape index (κ2) is 7.37. The SMILES string of the molecule is COc1cc(C)c(C)cc1S(=O)(=O)Nc1ccc2c(c1)N(C(=O)C(C)(C)C)CC2. The number of rotatable bonds is 4. The Morgan fingerprint density at radius 2 is 1.76 bits per heavy atom. The Kier molecular flexibility index (Phi) is 5.38. The number of carbonyl (C=O) groups excluding carboxylic acids is 1. The van der Waals surface area contributed by atoms with Gasteiger partial charge < -0.3 is 9.64 Å². The van der Waals surface area contributed by atoms with Crippen molar-refractivity contribution in [3.05, 3.63) is 47.0 Å². The molecule has 2 aromatic carbocycles. The van der Waals surface area contributed by atoms with Crippen LogP contribution in [0.15, 0.2) is 35.2 Å². The Morgan fingerprint density at radius 3 is 2.38 bits per heavy atom. The molecule has 1 amide bonds. The van der Waals surface area contributed by atoms with Gasteiger partial charge in [0.1, 0.15) is 10.6 Å². The lowest BCUT2D eigenvalue weighted by Gasteiger charge is -2.26. The van der Waals surface area contributed by atoms with Crippen LogP contribution >= 0.6 is 0 Å². The monoisotopic (exact) mass is 416 g/mol. The first-order valence-corrected chi connectivity index (χ1v) is 11.1. The second-order valence-corrected chi connectivity index (χ2v) is 10.1. The Morgan fingerprint density at radius 1 is 1.10 bits per heavy atom. The summed E-state index contributed by atoms with van der Waals surface area (Å²) in [4.78, 5) is 14.6. The second-order valence-electron chi connectivity index (χ2n) is 8.49. The number of hydrogen-bond donors (Lipinski definition) is 1. The van der Waals surface area contributed by atoms with Gasteiger partial charge in [-0.25, -0.2) is 8.42 Å². The molecule has 0 bridgehead atoms. The molecule has 0 unspecified atom stereocenters. The van der Waals surface area contributed by atoms with E-state index >= 15 is 0 Å². The lowest BCUT2D eigenvalue weighted by atomic mass is 9.94. The minimum absolute atomic E-state index is 0.0204. The molecule has 2 aromatic rings. The summed E-state index contributed by atoms with van der Waals surface area (Å²) in [6, 6.07) is 8.67. The van der Waals surface area contributed by atoms with Crippen LogP contribution in [-0.4, -0.2) is 28.0 Å². The van der Waals surface area contributed by atoms with Gasteiger partial charge in [-0.05, 0) is 61.2 Å². The first-order chi connectivity index (χ1) is 13.4. The minimum atomic E-state index is -3.86. The molecular formula is C22H28N2O4S. The van der Waals surface area contributed by atoms with E-state index in [9.17, 15) is 13.2 Å². The van der Waals surface area contributed by atoms with E-state index in [1.807, 2.05) is 40.7 Å². The molecule has 1 aliphatic heterocycles. The molecule has 0 saturated carbocycles. The highest BCUT2D eigenvalue weighted by atomic mass is 32.2. The van der Waals surface area contributed by atoms with Crippen LogP contribution in [0.4, 0.5) is 11.4 Å². The number of methoxy groups -OCH3 is 1. The fourth-order valence-electron chi connectivity index (χ4n) is 3.40. The van der Waals surface area contributed by atoms with Crippen LogP contribution in [0.2, 0.25) is 0 Å². The van der Waals surface area contributed by atoms with Crippen molar-refractivity contribution in [2.45, 2.75) is 45.9 Å². The predicted molar refractivity (Wildman–Crippen MR) is 115 cm³/mol. The molecule has 0 aliphatic carbocycles. The highest BCUT2D eigenvalue weighted by Crippen LogP contribution is 2.35. The highest BCUT2D eigenvalue weighted by molar-refractivity contribution is 7.92. The van der Waals surface area contributed by atoms with E-state index in [1.165, 1.54) is 7.11 Å². The third-order valence-corrected chi connectivity index (χ3v) is 6.59. The van der Waals surface area contributed by atoms with Crippen molar-refractivity contribution in [1.29, 1.82) is 0 Å². The molecule has 1 heterocycles. The number of anilines is 2. The molecule has 0 saturated heterocycles. The van der Waals surface area contributed by atoms with Gasteiger partial charge in [0.25, 0.3) is 10.0 Å². The summed E-state index contributed by atoms with van der Waals surface area (Å²) in [5.41, 5.74) is 3.52. The van der Waals surface area contributed by atoms with E-state index < -0.39 is 15.4 Å². The summed E-state index contributed by atoms with van der Waals surface area (Å²) < 4.78 is 34.0. The average Bonchev–Trinajstić information content (AvgIpc) is 3.04. The summed E-state index contributed by atoms with van der Waals surface area (Å²) in [6.07, 6.45) is 0.759. The van der Waals surface area contributed by atoms with Crippen LogP contribution in [0.25, 0.3) is 0 Å². The fraction of sp³-hybridized carbons (Fsp3) is 0.409. The number of amides is 1. The number of fused-ring (bicyclic) bond motifs is 1. The summed E-state index contributed by atoms with van der Waals surface area (Å²) in [5, 5.41) is 0. The van der Waals surface area contributed by atoms with Crippen molar-refractivity contribution in [3.63, 3.8) is 0 Å². The fourth-order valence-corrected chi connectivity index (χ4v) is 4.69. The largest absolute Gasteiger partial charge is 0.495 e. The van der Waals surface area contributed by atoms with E-state index in [4.69, 9.17) is 4.74 Å². The van der Waals surface area contributed by atoms with Crippen LogP contribution < -0.4 is 14.4 Å². The van der Waals surface area contributed by atoms with Crippen molar-refractivity contribution in [2.75, 3.05) is 23.3 Å². The van der Waals surface area contributed by atoms with Gasteiger partial charge in [0, 0.05) is 17.6 Å². The third kappa shape index (κ3) is 4.10. The molecule has 0 atom stereocenters. The van der Waals surface area contributed by atoms with E-state index in [2.05, 4.69) is 4.72 Å². The summed E-state index contributed by atoms with van der Waals surface area (Å²) in [6.45, 7) is 10.0. The molecule has 3 rings (SSSR count). The van der Waals surface area contributed by atoms with Gasteiger partial charge in [-0.2, -0.15) is 0 Å². The van der Waals surface area contributed by atoms with Gasteiger partial charge in [-0.1, -0.05) is 26.8 Å². The van der Waals surface area contributed by atoms with Crippen LogP contribution in [0.1, 0.15) is 37.5 Å². The van der Waals surface area contributed by atoms with E-state index in [0.717, 1.165) is 28.8 Å². The standard InChI is InChI=1S/C22H28N2O4S/c1-14-11-19(28-6)20(12-15(14)2)29(26,27)23-17-8-7-16-9-10-24(18(16)13-17)21(25)22(3,4)5/h7-8,11-13,23H,9-10H2,1-6H3. The lowest BCUT2D eigenvalue weighted by Crippen LogP contribution is -2.38. The molecule has 29 heavy (non-hydrogen) atoms. The Labute approximate surface area is 172 Å². The van der Waals surface area contributed by atoms with Gasteiger partial charge in [-0.3, -0.25) is 9.52 Å². The number of carbonyl (C=O) groups is 1. The van der Waals surface area contributed by atoms with Gasteiger partial charge >= 0.3 is 0 Å². The average molecular weight is 417 g/mol. The van der Waals surface area contributed by atoms with Gasteiger partial charge in [0.15, 0.2) is 0 Å². The Bertz CT molecular complexity index is 1070. The van der Waals surface area contributed by atoms with Crippen molar-refractivity contribution >= 4 is 27.3 Å². The number of aryl methyl sites for hydroxylation is 2. The van der Waals surface area contributed by atoms with Crippen LogP contribution in [0.3, 0.4) is 0 Å². The number of nitrogens with one attached hydrogen (secondary N) is 1. The minimum Gasteiger partial charge on any atom is -0.495 e. The maximum Gasteiger partial charge on any atom is 0.265 e. The predicted octanol–water partition coefficient (Wildman–Crippen LogP) is 4.05. The molecule has 0 spiro atoms. The number of ether oxygens (including phenoxy) is 1. The van der Waals surface area contributed by atoms with Crippen molar-refractivity contribution in [3.8, 4) is 5.75 Å². The normalized spacial score (nSPS) is 13.9. The number of hydrogen-bond acceptors (Lipinski definition) is 4. The number of benzene rings is 2. The molecule has 7 heteroatoms. The van der Waals surface area contributed by atoms with Crippen molar-refractivity contribution < 1.29 is 17.9 Å². The zero-order valence-electron chi connectivity index (χ0n) is 17.8. The first-order valence-electron chi connectivity index (χ1n) is 9.57. The van der Waals surface area contributed by atoms with E-state index in [1.54, 1.807) is 29.2 Å². The molecule has 1 N–H and O–H groups in total. The van der Waals surface area contributed by atoms with Crippen LogP contribution in [0.5, 0.6) is 5.75 Å². The molecule has 6 nitrogen and oxygen atoms in total. The number of nitrogens with zero attached hydrogens (tertiary/aromatic N) is 1. The maximum absolute atomic E-state index is 13.0. The van der Waals surface area contributed by atoms with E-state index in [-0.39, 0.29) is 10.8 Å². The zero-order valence-corrected chi connectivity index (χ0v) is 18.6. The first kappa shape index (κ1) is 21.2. The molecule has 0 radical (unpaired) electrons. The van der Waals surface area contributed by atoms with Gasteiger partial charge in [-0.15, -0.1) is 0 Å². The van der Waals surface area contributed by atoms with Crippen molar-refractivity contribution in [1.82, 2.24) is 0 Å². The highest BCUT2D eigenvalue weighted by Gasteiger charge is 2.32. The van der Waals surface area contributed by atoms with Crippen LogP contribution in [-0.2, 0) is 21.2 Å². The Balaban J connectivity index is 1.96. The molecule has 0 aromatic heterocycles. The Hall–Kier alpha value is -2.54. The quantitative estimate of drug-likeness (QED) is 0.816. The third-order valence-electron chi connectivity index (χ3n) is 5.19. The zero-order chi connectivity index (χ0) is 21.6. The lowest BCUT2D eigenvalue weighted by molar-refractivity contribution is -0.125. The van der Waals surface area contributed by atoms with Crippen molar-refractivity contribution in [2.24, 2.45) is 5.41 Å². The molecule has 156 valence electrons. The smallest absolute Gasteiger partial charge is 0.265 e. The summed E-state index contributed by atoms with van der Waals surface area (Å²) in [7, 11) is -2.40. The van der Waals surface area contributed by atoms with Gasteiger partial charge in [0.2, 0.25) is 5.91 Å². The maximum atomic E-state index is 13.0. The summed E-state index contributed by atoms with van der Waals surface area (Å²) in [5.74, 6) is 0.318. The van der Waals surface area contributed by atoms with Crippen LogP contribution in [0, 0.1) is 19.3 Å². The summed E-state index contributed by atoms with van der Waals surface area (Å²) >= 11 is 0. The number of sulfonamides is 1. The molecule has 0 fully saturated rings. The molecule has 1 aliphatic rings. The van der Waals surface area contributed by atoms with Gasteiger partial charge in [0.05, 0.1) is 12.8 Å². The van der Waals surface area contributed by atoms with E-state index in [0.29, 0.717) is 18.0 Å².